The number of aromatic nitrogens is 2. The summed E-state index contributed by atoms with van der Waals surface area (Å²) >= 11 is 0. The third kappa shape index (κ3) is 2.94. The maximum Gasteiger partial charge on any atom is 0.345 e. The molecule has 2 aliphatic rings. The van der Waals surface area contributed by atoms with E-state index in [1.165, 1.54) is 25.7 Å². The Hall–Kier alpha value is -1.65. The van der Waals surface area contributed by atoms with Gasteiger partial charge in [-0.25, -0.2) is 4.79 Å². The maximum absolute atomic E-state index is 12.8. The van der Waals surface area contributed by atoms with Crippen molar-refractivity contribution < 1.29 is 4.79 Å². The van der Waals surface area contributed by atoms with Gasteiger partial charge in [-0.05, 0) is 45.4 Å². The van der Waals surface area contributed by atoms with Crippen molar-refractivity contribution in [1.82, 2.24) is 14.9 Å². The van der Waals surface area contributed by atoms with Crippen molar-refractivity contribution in [3.63, 3.8) is 0 Å². The number of rotatable bonds is 2. The first-order chi connectivity index (χ1) is 10.6. The second kappa shape index (κ2) is 6.23. The monoisotopic (exact) mass is 303 g/mol. The average Bonchev–Trinajstić information content (AvgIpc) is 2.50. The maximum atomic E-state index is 12.8. The fourth-order valence-electron chi connectivity index (χ4n) is 4.20. The predicted molar refractivity (Wildman–Crippen MR) is 84.7 cm³/mol. The van der Waals surface area contributed by atoms with Gasteiger partial charge in [-0.15, -0.1) is 0 Å². The molecule has 0 unspecified atom stereocenters. The Balaban J connectivity index is 1.78. The van der Waals surface area contributed by atoms with E-state index in [9.17, 15) is 9.59 Å². The van der Waals surface area contributed by atoms with Crippen LogP contribution in [0.15, 0.2) is 4.79 Å². The van der Waals surface area contributed by atoms with Crippen LogP contribution in [-0.4, -0.2) is 33.4 Å². The van der Waals surface area contributed by atoms with E-state index in [0.29, 0.717) is 24.1 Å². The molecule has 1 aliphatic carbocycles. The van der Waals surface area contributed by atoms with Gasteiger partial charge in [0.05, 0.1) is 6.42 Å². The van der Waals surface area contributed by atoms with E-state index in [1.54, 1.807) is 0 Å². The Kier molecular flexibility index (Phi) is 4.32. The van der Waals surface area contributed by atoms with E-state index < -0.39 is 0 Å². The number of carbonyl (C=O) groups excluding carboxylic acids is 1. The number of aromatic amines is 1. The molecule has 2 atom stereocenters. The zero-order chi connectivity index (χ0) is 15.7. The van der Waals surface area contributed by atoms with Crippen molar-refractivity contribution in [3.05, 3.63) is 27.4 Å². The highest BCUT2D eigenvalue weighted by Crippen LogP contribution is 2.35. The predicted octanol–water partition coefficient (Wildman–Crippen LogP) is 2.11. The van der Waals surface area contributed by atoms with Crippen LogP contribution in [0.1, 0.15) is 55.5 Å². The Morgan fingerprint density at radius 1 is 1.23 bits per heavy atom. The van der Waals surface area contributed by atoms with Crippen molar-refractivity contribution in [2.24, 2.45) is 5.92 Å². The molecule has 3 rings (SSSR count). The van der Waals surface area contributed by atoms with Gasteiger partial charge < -0.3 is 9.88 Å². The van der Waals surface area contributed by atoms with Crippen molar-refractivity contribution in [3.8, 4) is 0 Å². The third-order valence-corrected chi connectivity index (χ3v) is 5.34. The molecule has 1 amide bonds. The molecule has 1 aliphatic heterocycles. The zero-order valence-corrected chi connectivity index (χ0v) is 13.5. The molecular weight excluding hydrogens is 278 g/mol. The lowest BCUT2D eigenvalue weighted by molar-refractivity contribution is -0.136. The lowest BCUT2D eigenvalue weighted by Crippen LogP contribution is -2.50. The topological polar surface area (TPSA) is 66.1 Å². The quantitative estimate of drug-likeness (QED) is 0.910. The van der Waals surface area contributed by atoms with Crippen LogP contribution in [-0.2, 0) is 11.2 Å². The van der Waals surface area contributed by atoms with E-state index >= 15 is 0 Å². The van der Waals surface area contributed by atoms with E-state index in [2.05, 4.69) is 14.9 Å². The first kappa shape index (κ1) is 15.3. The molecule has 1 saturated carbocycles. The minimum atomic E-state index is -0.337. The summed E-state index contributed by atoms with van der Waals surface area (Å²) in [4.78, 5) is 32.9. The molecular formula is C17H25N3O2. The number of piperidine rings is 1. The first-order valence-electron chi connectivity index (χ1n) is 8.42. The van der Waals surface area contributed by atoms with Crippen molar-refractivity contribution >= 4 is 5.91 Å². The second-order valence-corrected chi connectivity index (χ2v) is 6.75. The van der Waals surface area contributed by atoms with E-state index in [1.807, 2.05) is 13.8 Å². The number of carbonyl (C=O) groups is 1. The molecule has 120 valence electrons. The summed E-state index contributed by atoms with van der Waals surface area (Å²) in [6.07, 6.45) is 7.71. The fraction of sp³-hybridized carbons (Fsp3) is 0.706. The highest BCUT2D eigenvalue weighted by Gasteiger charge is 2.35. The average molecular weight is 303 g/mol. The lowest BCUT2D eigenvalue weighted by Gasteiger charge is -2.44. The summed E-state index contributed by atoms with van der Waals surface area (Å²) in [5.41, 5.74) is 1.98. The third-order valence-electron chi connectivity index (χ3n) is 5.34. The molecule has 1 N–H and O–H groups in total. The van der Waals surface area contributed by atoms with Gasteiger partial charge in [0.25, 0.3) is 0 Å². The van der Waals surface area contributed by atoms with Crippen LogP contribution in [0.5, 0.6) is 0 Å². The molecule has 0 bridgehead atoms. The molecule has 0 aromatic carbocycles. The van der Waals surface area contributed by atoms with Gasteiger partial charge >= 0.3 is 5.69 Å². The Bertz CT molecular complexity index is 595. The van der Waals surface area contributed by atoms with Crippen molar-refractivity contribution in [1.29, 1.82) is 0 Å². The lowest BCUT2D eigenvalue weighted by atomic mass is 9.78. The Labute approximate surface area is 131 Å². The largest absolute Gasteiger partial charge is 0.345 e. The molecule has 22 heavy (non-hydrogen) atoms. The minimum Gasteiger partial charge on any atom is -0.339 e. The van der Waals surface area contributed by atoms with Gasteiger partial charge in [0, 0.05) is 29.5 Å². The minimum absolute atomic E-state index is 0.191. The summed E-state index contributed by atoms with van der Waals surface area (Å²) in [7, 11) is 0. The van der Waals surface area contributed by atoms with Gasteiger partial charge in [0.1, 0.15) is 0 Å². The highest BCUT2D eigenvalue weighted by molar-refractivity contribution is 5.79. The van der Waals surface area contributed by atoms with Gasteiger partial charge in [0.15, 0.2) is 0 Å². The number of H-pyrrole nitrogens is 1. The Morgan fingerprint density at radius 2 is 1.95 bits per heavy atom. The number of hydrogen-bond acceptors (Lipinski definition) is 3. The smallest absolute Gasteiger partial charge is 0.339 e. The second-order valence-electron chi connectivity index (χ2n) is 6.75. The van der Waals surface area contributed by atoms with Gasteiger partial charge in [-0.1, -0.05) is 12.8 Å². The number of aryl methyl sites for hydroxylation is 2. The summed E-state index contributed by atoms with van der Waals surface area (Å²) in [6.45, 7) is 4.54. The summed E-state index contributed by atoms with van der Waals surface area (Å²) in [6, 6.07) is 0.436. The van der Waals surface area contributed by atoms with Crippen molar-refractivity contribution in [2.45, 2.75) is 64.8 Å². The normalized spacial score (nSPS) is 24.9. The van der Waals surface area contributed by atoms with E-state index in [4.69, 9.17) is 0 Å². The molecule has 0 radical (unpaired) electrons. The van der Waals surface area contributed by atoms with Gasteiger partial charge in [0.2, 0.25) is 5.91 Å². The molecule has 1 aromatic rings. The number of hydrogen-bond donors (Lipinski definition) is 1. The van der Waals surface area contributed by atoms with Crippen LogP contribution in [0.3, 0.4) is 0 Å². The van der Waals surface area contributed by atoms with Crippen LogP contribution >= 0.6 is 0 Å². The van der Waals surface area contributed by atoms with Crippen LogP contribution < -0.4 is 5.69 Å². The molecule has 2 fully saturated rings. The van der Waals surface area contributed by atoms with Crippen molar-refractivity contribution in [2.75, 3.05) is 6.54 Å². The molecule has 1 aromatic heterocycles. The standard InChI is InChI=1S/C17H25N3O2/c1-11-14(12(2)19-17(22)18-11)10-16(21)20-9-5-7-13-6-3-4-8-15(13)20/h13,15H,3-10H2,1-2H3,(H,18,19,22)/t13-,15+/m1/s1. The van der Waals surface area contributed by atoms with E-state index in [0.717, 1.165) is 30.6 Å². The zero-order valence-electron chi connectivity index (χ0n) is 13.5. The Morgan fingerprint density at radius 3 is 2.73 bits per heavy atom. The SMILES string of the molecule is Cc1nc(=O)[nH]c(C)c1CC(=O)N1CCC[C@H]2CCCC[C@@H]21. The molecule has 5 heteroatoms. The van der Waals surface area contributed by atoms with Crippen LogP contribution in [0.25, 0.3) is 0 Å². The van der Waals surface area contributed by atoms with Crippen LogP contribution in [0.4, 0.5) is 0 Å². The number of amides is 1. The number of nitrogens with one attached hydrogen (secondary N) is 1. The summed E-state index contributed by atoms with van der Waals surface area (Å²) < 4.78 is 0. The first-order valence-corrected chi connectivity index (χ1v) is 8.42. The number of likely N-dealkylation sites (tertiary alicyclic amines) is 1. The summed E-state index contributed by atoms with van der Waals surface area (Å²) in [5.74, 6) is 0.888. The van der Waals surface area contributed by atoms with Gasteiger partial charge in [-0.2, -0.15) is 4.98 Å². The number of fused-ring (bicyclic) bond motifs is 1. The van der Waals surface area contributed by atoms with Gasteiger partial charge in [-0.3, -0.25) is 4.79 Å². The molecule has 5 nitrogen and oxygen atoms in total. The molecule has 1 saturated heterocycles. The van der Waals surface area contributed by atoms with Crippen LogP contribution in [0.2, 0.25) is 0 Å². The molecule has 0 spiro atoms. The fourth-order valence-corrected chi connectivity index (χ4v) is 4.20. The molecule has 2 heterocycles. The van der Waals surface area contributed by atoms with Crippen LogP contribution in [0, 0.1) is 19.8 Å². The number of nitrogens with zero attached hydrogens (tertiary/aromatic N) is 2. The van der Waals surface area contributed by atoms with E-state index in [-0.39, 0.29) is 11.6 Å². The highest BCUT2D eigenvalue weighted by atomic mass is 16.2. The summed E-state index contributed by atoms with van der Waals surface area (Å²) in [5, 5.41) is 0.